The van der Waals surface area contributed by atoms with Gasteiger partial charge in [-0.15, -0.1) is 0 Å². The number of nitrogens with one attached hydrogen (secondary N) is 2. The molecule has 0 aromatic carbocycles. The van der Waals surface area contributed by atoms with E-state index in [0.29, 0.717) is 32.0 Å². The van der Waals surface area contributed by atoms with E-state index in [9.17, 15) is 18.0 Å². The SMILES string of the molecule is C[C@H](NC(=O)N[C@H]1CCC[C@H](C(F)(F)F)C1)C1CCOCC1. The fourth-order valence-corrected chi connectivity index (χ4v) is 3.39. The zero-order valence-electron chi connectivity index (χ0n) is 12.9. The molecule has 2 amide bonds. The highest BCUT2D eigenvalue weighted by molar-refractivity contribution is 5.74. The van der Waals surface area contributed by atoms with E-state index < -0.39 is 12.1 Å². The van der Waals surface area contributed by atoms with E-state index in [1.807, 2.05) is 6.92 Å². The van der Waals surface area contributed by atoms with Crippen LogP contribution in [0.4, 0.5) is 18.0 Å². The van der Waals surface area contributed by atoms with Gasteiger partial charge >= 0.3 is 12.2 Å². The number of carbonyl (C=O) groups is 1. The predicted molar refractivity (Wildman–Crippen MR) is 76.5 cm³/mol. The van der Waals surface area contributed by atoms with Crippen LogP contribution in [-0.2, 0) is 4.74 Å². The van der Waals surface area contributed by atoms with Crippen LogP contribution in [-0.4, -0.2) is 37.5 Å². The van der Waals surface area contributed by atoms with E-state index in [-0.39, 0.29) is 31.0 Å². The summed E-state index contributed by atoms with van der Waals surface area (Å²) in [6, 6.07) is -0.736. The Kier molecular flexibility index (Phi) is 5.94. The van der Waals surface area contributed by atoms with Crippen LogP contribution in [0.1, 0.15) is 45.4 Å². The monoisotopic (exact) mass is 322 g/mol. The van der Waals surface area contributed by atoms with Gasteiger partial charge in [0.2, 0.25) is 0 Å². The standard InChI is InChI=1S/C15H25F3N2O2/c1-10(11-5-7-22-8-6-11)19-14(21)20-13-4-2-3-12(9-13)15(16,17)18/h10-13H,2-9H2,1H3,(H2,19,20,21)/t10-,12-,13-/m0/s1. The third-order valence-electron chi connectivity index (χ3n) is 4.80. The molecular formula is C15H25F3N2O2. The Balaban J connectivity index is 1.76. The average Bonchev–Trinajstić information content (AvgIpc) is 2.47. The number of ether oxygens (including phenoxy) is 1. The largest absolute Gasteiger partial charge is 0.391 e. The van der Waals surface area contributed by atoms with Crippen molar-refractivity contribution >= 4 is 6.03 Å². The molecule has 0 aromatic heterocycles. The zero-order chi connectivity index (χ0) is 16.2. The van der Waals surface area contributed by atoms with Crippen molar-refractivity contribution in [2.45, 2.75) is 63.7 Å². The van der Waals surface area contributed by atoms with Gasteiger partial charge in [0.15, 0.2) is 0 Å². The molecule has 0 radical (unpaired) electrons. The van der Waals surface area contributed by atoms with Gasteiger partial charge in [0, 0.05) is 25.3 Å². The fraction of sp³-hybridized carbons (Fsp3) is 0.933. The smallest absolute Gasteiger partial charge is 0.381 e. The Morgan fingerprint density at radius 2 is 1.86 bits per heavy atom. The first kappa shape index (κ1) is 17.4. The summed E-state index contributed by atoms with van der Waals surface area (Å²) in [4.78, 5) is 12.0. The average molecular weight is 322 g/mol. The van der Waals surface area contributed by atoms with Gasteiger partial charge in [-0.1, -0.05) is 6.42 Å². The number of carbonyl (C=O) groups excluding carboxylic acids is 1. The number of alkyl halides is 3. The van der Waals surface area contributed by atoms with Gasteiger partial charge in [0.05, 0.1) is 5.92 Å². The number of hydrogen-bond acceptors (Lipinski definition) is 2. The summed E-state index contributed by atoms with van der Waals surface area (Å²) < 4.78 is 43.6. The number of urea groups is 1. The van der Waals surface area contributed by atoms with Gasteiger partial charge in [0.1, 0.15) is 0 Å². The van der Waals surface area contributed by atoms with Gasteiger partial charge < -0.3 is 15.4 Å². The first-order valence-electron chi connectivity index (χ1n) is 8.07. The molecule has 1 aliphatic heterocycles. The lowest BCUT2D eigenvalue weighted by Crippen LogP contribution is -2.50. The highest BCUT2D eigenvalue weighted by Crippen LogP contribution is 2.37. The summed E-state index contributed by atoms with van der Waals surface area (Å²) in [5, 5.41) is 5.57. The Labute approximate surface area is 129 Å². The number of rotatable bonds is 3. The number of halogens is 3. The highest BCUT2D eigenvalue weighted by Gasteiger charge is 2.42. The van der Waals surface area contributed by atoms with Crippen LogP contribution < -0.4 is 10.6 Å². The molecule has 0 bridgehead atoms. The molecule has 2 N–H and O–H groups in total. The minimum atomic E-state index is -4.16. The number of amides is 2. The quantitative estimate of drug-likeness (QED) is 0.838. The van der Waals surface area contributed by atoms with Gasteiger partial charge in [-0.25, -0.2) is 4.79 Å². The second-order valence-corrected chi connectivity index (χ2v) is 6.46. The van der Waals surface area contributed by atoms with Crippen LogP contribution in [0.2, 0.25) is 0 Å². The van der Waals surface area contributed by atoms with Gasteiger partial charge in [0.25, 0.3) is 0 Å². The van der Waals surface area contributed by atoms with Gasteiger partial charge in [-0.3, -0.25) is 0 Å². The zero-order valence-corrected chi connectivity index (χ0v) is 12.9. The summed E-state index contributed by atoms with van der Waals surface area (Å²) in [5.74, 6) is -0.923. The Bertz CT molecular complexity index is 370. The van der Waals surface area contributed by atoms with Crippen molar-refractivity contribution < 1.29 is 22.7 Å². The van der Waals surface area contributed by atoms with Crippen LogP contribution >= 0.6 is 0 Å². The van der Waals surface area contributed by atoms with E-state index in [4.69, 9.17) is 4.74 Å². The summed E-state index contributed by atoms with van der Waals surface area (Å²) in [6.07, 6.45) is -1.07. The van der Waals surface area contributed by atoms with Crippen LogP contribution in [0.15, 0.2) is 0 Å². The predicted octanol–water partition coefficient (Wildman–Crippen LogP) is 3.22. The van der Waals surface area contributed by atoms with Crippen molar-refractivity contribution in [3.05, 3.63) is 0 Å². The lowest BCUT2D eigenvalue weighted by atomic mass is 9.85. The summed E-state index contributed by atoms with van der Waals surface area (Å²) in [6.45, 7) is 3.34. The molecule has 7 heteroatoms. The minimum Gasteiger partial charge on any atom is -0.381 e. The molecule has 3 atom stereocenters. The Morgan fingerprint density at radius 1 is 1.18 bits per heavy atom. The molecule has 1 aliphatic carbocycles. The molecule has 2 aliphatic rings. The van der Waals surface area contributed by atoms with Crippen molar-refractivity contribution in [3.63, 3.8) is 0 Å². The van der Waals surface area contributed by atoms with Gasteiger partial charge in [-0.05, 0) is 44.9 Å². The number of hydrogen-bond donors (Lipinski definition) is 2. The second kappa shape index (κ2) is 7.53. The van der Waals surface area contributed by atoms with Crippen LogP contribution in [0, 0.1) is 11.8 Å². The molecule has 0 unspecified atom stereocenters. The van der Waals surface area contributed by atoms with E-state index in [1.54, 1.807) is 0 Å². The topological polar surface area (TPSA) is 50.4 Å². The van der Waals surface area contributed by atoms with E-state index in [0.717, 1.165) is 12.8 Å². The van der Waals surface area contributed by atoms with E-state index in [2.05, 4.69) is 10.6 Å². The van der Waals surface area contributed by atoms with Crippen molar-refractivity contribution in [1.29, 1.82) is 0 Å². The summed E-state index contributed by atoms with van der Waals surface area (Å²) in [5.41, 5.74) is 0. The first-order chi connectivity index (χ1) is 10.4. The second-order valence-electron chi connectivity index (χ2n) is 6.46. The molecule has 2 fully saturated rings. The van der Waals surface area contributed by atoms with Crippen molar-refractivity contribution in [2.75, 3.05) is 13.2 Å². The van der Waals surface area contributed by atoms with Crippen molar-refractivity contribution in [3.8, 4) is 0 Å². The lowest BCUT2D eigenvalue weighted by Gasteiger charge is -2.32. The molecule has 1 heterocycles. The van der Waals surface area contributed by atoms with Crippen molar-refractivity contribution in [2.24, 2.45) is 11.8 Å². The third kappa shape index (κ3) is 5.04. The maximum atomic E-state index is 12.8. The molecule has 4 nitrogen and oxygen atoms in total. The van der Waals surface area contributed by atoms with Crippen LogP contribution in [0.25, 0.3) is 0 Å². The van der Waals surface area contributed by atoms with E-state index >= 15 is 0 Å². The fourth-order valence-electron chi connectivity index (χ4n) is 3.39. The first-order valence-corrected chi connectivity index (χ1v) is 8.07. The van der Waals surface area contributed by atoms with Crippen LogP contribution in [0.5, 0.6) is 0 Å². The molecule has 2 rings (SSSR count). The Hall–Kier alpha value is -0.980. The molecule has 1 saturated carbocycles. The van der Waals surface area contributed by atoms with E-state index in [1.165, 1.54) is 0 Å². The lowest BCUT2D eigenvalue weighted by molar-refractivity contribution is -0.183. The molecule has 128 valence electrons. The molecular weight excluding hydrogens is 297 g/mol. The molecule has 0 spiro atoms. The van der Waals surface area contributed by atoms with Crippen LogP contribution in [0.3, 0.4) is 0 Å². The highest BCUT2D eigenvalue weighted by atomic mass is 19.4. The van der Waals surface area contributed by atoms with Gasteiger partial charge in [-0.2, -0.15) is 13.2 Å². The molecule has 1 saturated heterocycles. The summed E-state index contributed by atoms with van der Waals surface area (Å²) in [7, 11) is 0. The maximum Gasteiger partial charge on any atom is 0.391 e. The summed E-state index contributed by atoms with van der Waals surface area (Å²) >= 11 is 0. The van der Waals surface area contributed by atoms with Crippen molar-refractivity contribution in [1.82, 2.24) is 10.6 Å². The third-order valence-corrected chi connectivity index (χ3v) is 4.80. The maximum absolute atomic E-state index is 12.8. The Morgan fingerprint density at radius 3 is 2.50 bits per heavy atom. The molecule has 22 heavy (non-hydrogen) atoms. The normalized spacial score (nSPS) is 28.9. The minimum absolute atomic E-state index is 0.00547. The molecule has 0 aromatic rings.